The largest absolute Gasteiger partial charge is 0.462 e. The average molecular weight is 300 g/mol. The molecule has 114 valence electrons. The molecule has 0 aliphatic carbocycles. The van der Waals surface area contributed by atoms with Crippen molar-refractivity contribution in [1.29, 1.82) is 0 Å². The summed E-state index contributed by atoms with van der Waals surface area (Å²) >= 11 is 0. The van der Waals surface area contributed by atoms with Crippen LogP contribution in [0.3, 0.4) is 0 Å². The fourth-order valence-electron chi connectivity index (χ4n) is 2.05. The quantitative estimate of drug-likeness (QED) is 0.671. The van der Waals surface area contributed by atoms with E-state index in [1.165, 1.54) is 12.3 Å². The number of aromatic amines is 1. The van der Waals surface area contributed by atoms with E-state index in [-0.39, 0.29) is 29.2 Å². The van der Waals surface area contributed by atoms with Gasteiger partial charge in [0.2, 0.25) is 5.78 Å². The van der Waals surface area contributed by atoms with Gasteiger partial charge in [-0.3, -0.25) is 14.6 Å². The van der Waals surface area contributed by atoms with Gasteiger partial charge < -0.3 is 9.72 Å². The van der Waals surface area contributed by atoms with Gasteiger partial charge in [0.15, 0.2) is 0 Å². The van der Waals surface area contributed by atoms with Crippen molar-refractivity contribution < 1.29 is 14.3 Å². The molecule has 2 aromatic rings. The van der Waals surface area contributed by atoms with Gasteiger partial charge in [0.05, 0.1) is 6.61 Å². The van der Waals surface area contributed by atoms with Crippen molar-refractivity contribution in [3.05, 3.63) is 63.3 Å². The minimum atomic E-state index is -0.749. The first kappa shape index (κ1) is 15.6. The topological polar surface area (TPSA) is 89.1 Å². The van der Waals surface area contributed by atoms with E-state index in [2.05, 4.69) is 9.97 Å². The fraction of sp³-hybridized carbons (Fsp3) is 0.250. The SMILES string of the molecule is CCOC(=O)c1cc(C(=O)c2ccccn2)c(CC)[nH]c1=O. The van der Waals surface area contributed by atoms with Crippen molar-refractivity contribution in [1.82, 2.24) is 9.97 Å². The Balaban J connectivity index is 2.54. The highest BCUT2D eigenvalue weighted by Gasteiger charge is 2.20. The van der Waals surface area contributed by atoms with E-state index >= 15 is 0 Å². The number of rotatable bonds is 5. The van der Waals surface area contributed by atoms with E-state index < -0.39 is 11.5 Å². The van der Waals surface area contributed by atoms with E-state index in [0.29, 0.717) is 12.1 Å². The lowest BCUT2D eigenvalue weighted by atomic mass is 10.0. The summed E-state index contributed by atoms with van der Waals surface area (Å²) in [5.41, 5.74) is 0.225. The van der Waals surface area contributed by atoms with Crippen molar-refractivity contribution in [3.8, 4) is 0 Å². The summed E-state index contributed by atoms with van der Waals surface area (Å²) in [6.45, 7) is 3.61. The molecule has 6 heteroatoms. The zero-order valence-electron chi connectivity index (χ0n) is 12.4. The molecule has 0 atom stereocenters. The van der Waals surface area contributed by atoms with Crippen molar-refractivity contribution in [2.45, 2.75) is 20.3 Å². The van der Waals surface area contributed by atoms with Crippen molar-refractivity contribution in [2.24, 2.45) is 0 Å². The molecular weight excluding hydrogens is 284 g/mol. The van der Waals surface area contributed by atoms with Crippen LogP contribution in [-0.4, -0.2) is 28.3 Å². The van der Waals surface area contributed by atoms with E-state index in [4.69, 9.17) is 4.74 Å². The van der Waals surface area contributed by atoms with Gasteiger partial charge in [-0.1, -0.05) is 13.0 Å². The van der Waals surface area contributed by atoms with Crippen LogP contribution in [0, 0.1) is 0 Å². The Morgan fingerprint density at radius 2 is 2.00 bits per heavy atom. The summed E-state index contributed by atoms with van der Waals surface area (Å²) in [4.78, 5) is 42.9. The number of ketones is 1. The summed E-state index contributed by atoms with van der Waals surface area (Å²) < 4.78 is 4.84. The third kappa shape index (κ3) is 3.11. The molecule has 0 aliphatic heterocycles. The van der Waals surface area contributed by atoms with Crippen LogP contribution < -0.4 is 5.56 Å². The van der Waals surface area contributed by atoms with Crippen LogP contribution in [0.1, 0.15) is 46.0 Å². The maximum Gasteiger partial charge on any atom is 0.343 e. The van der Waals surface area contributed by atoms with Crippen molar-refractivity contribution in [3.63, 3.8) is 0 Å². The van der Waals surface area contributed by atoms with Crippen LogP contribution in [0.15, 0.2) is 35.3 Å². The van der Waals surface area contributed by atoms with Gasteiger partial charge in [-0.2, -0.15) is 0 Å². The molecule has 0 spiro atoms. The molecule has 2 aromatic heterocycles. The summed E-state index contributed by atoms with van der Waals surface area (Å²) in [5.74, 6) is -1.10. The van der Waals surface area contributed by atoms with Gasteiger partial charge in [-0.05, 0) is 31.5 Å². The Morgan fingerprint density at radius 3 is 2.59 bits per heavy atom. The highest BCUT2D eigenvalue weighted by Crippen LogP contribution is 2.13. The minimum absolute atomic E-state index is 0.150. The molecule has 0 radical (unpaired) electrons. The Morgan fingerprint density at radius 1 is 1.23 bits per heavy atom. The van der Waals surface area contributed by atoms with Gasteiger partial charge in [0.25, 0.3) is 5.56 Å². The molecule has 0 aliphatic rings. The first-order valence-electron chi connectivity index (χ1n) is 6.97. The van der Waals surface area contributed by atoms with Gasteiger partial charge >= 0.3 is 5.97 Å². The monoisotopic (exact) mass is 300 g/mol. The molecule has 0 bridgehead atoms. The van der Waals surface area contributed by atoms with Crippen LogP contribution >= 0.6 is 0 Å². The molecule has 22 heavy (non-hydrogen) atoms. The third-order valence-electron chi connectivity index (χ3n) is 3.11. The third-order valence-corrected chi connectivity index (χ3v) is 3.11. The van der Waals surface area contributed by atoms with Crippen molar-refractivity contribution in [2.75, 3.05) is 6.61 Å². The first-order valence-corrected chi connectivity index (χ1v) is 6.97. The number of hydrogen-bond donors (Lipinski definition) is 1. The van der Waals surface area contributed by atoms with Crippen LogP contribution in [-0.2, 0) is 11.2 Å². The average Bonchev–Trinajstić information content (AvgIpc) is 2.54. The summed E-state index contributed by atoms with van der Waals surface area (Å²) in [5, 5.41) is 0. The van der Waals surface area contributed by atoms with E-state index in [0.717, 1.165) is 0 Å². The highest BCUT2D eigenvalue weighted by atomic mass is 16.5. The standard InChI is InChI=1S/C16H16N2O4/c1-3-12-10(14(19)13-7-5-6-8-17-13)9-11(15(20)18-12)16(21)22-4-2/h5-9H,3-4H2,1-2H3,(H,18,20). The van der Waals surface area contributed by atoms with Crippen LogP contribution in [0.2, 0.25) is 0 Å². The molecule has 0 saturated heterocycles. The molecule has 0 aromatic carbocycles. The van der Waals surface area contributed by atoms with Gasteiger partial charge in [0.1, 0.15) is 11.3 Å². The number of nitrogens with zero attached hydrogens (tertiary/aromatic N) is 1. The lowest BCUT2D eigenvalue weighted by molar-refractivity contribution is 0.0524. The van der Waals surface area contributed by atoms with Gasteiger partial charge in [0, 0.05) is 17.5 Å². The second kappa shape index (κ2) is 6.80. The molecule has 2 heterocycles. The maximum atomic E-state index is 12.5. The Bertz CT molecular complexity index is 750. The normalized spacial score (nSPS) is 10.3. The zero-order valence-corrected chi connectivity index (χ0v) is 12.4. The highest BCUT2D eigenvalue weighted by molar-refractivity contribution is 6.09. The Hall–Kier alpha value is -2.76. The zero-order chi connectivity index (χ0) is 16.1. The van der Waals surface area contributed by atoms with Gasteiger partial charge in [-0.25, -0.2) is 4.79 Å². The molecule has 0 saturated carbocycles. The summed E-state index contributed by atoms with van der Waals surface area (Å²) in [6, 6.07) is 6.27. The molecule has 0 fully saturated rings. The number of H-pyrrole nitrogens is 1. The predicted octanol–water partition coefficient (Wildman–Crippen LogP) is 1.74. The van der Waals surface area contributed by atoms with E-state index in [9.17, 15) is 14.4 Å². The lowest BCUT2D eigenvalue weighted by Gasteiger charge is -2.09. The predicted molar refractivity (Wildman–Crippen MR) is 80.1 cm³/mol. The molecule has 0 amide bonds. The number of esters is 1. The number of aryl methyl sites for hydroxylation is 1. The number of ether oxygens (including phenoxy) is 1. The van der Waals surface area contributed by atoms with Crippen molar-refractivity contribution >= 4 is 11.8 Å². The number of carbonyl (C=O) groups excluding carboxylic acids is 2. The number of carbonyl (C=O) groups is 2. The first-order chi connectivity index (χ1) is 10.6. The number of nitrogens with one attached hydrogen (secondary N) is 1. The minimum Gasteiger partial charge on any atom is -0.462 e. The van der Waals surface area contributed by atoms with E-state index in [1.54, 1.807) is 25.1 Å². The Labute approximate surface area is 127 Å². The molecule has 0 unspecified atom stereocenters. The number of aromatic nitrogens is 2. The van der Waals surface area contributed by atoms with E-state index in [1.807, 2.05) is 6.92 Å². The second-order valence-electron chi connectivity index (χ2n) is 4.52. The molecular formula is C16H16N2O4. The number of hydrogen-bond acceptors (Lipinski definition) is 5. The van der Waals surface area contributed by atoms with Crippen LogP contribution in [0.25, 0.3) is 0 Å². The fourth-order valence-corrected chi connectivity index (χ4v) is 2.05. The molecule has 6 nitrogen and oxygen atoms in total. The molecule has 2 rings (SSSR count). The summed E-state index contributed by atoms with van der Waals surface area (Å²) in [6.07, 6.45) is 1.96. The Kier molecular flexibility index (Phi) is 4.83. The maximum absolute atomic E-state index is 12.5. The second-order valence-corrected chi connectivity index (χ2v) is 4.52. The van der Waals surface area contributed by atoms with Gasteiger partial charge in [-0.15, -0.1) is 0 Å². The van der Waals surface area contributed by atoms with Crippen LogP contribution in [0.4, 0.5) is 0 Å². The smallest absolute Gasteiger partial charge is 0.343 e. The summed E-state index contributed by atoms with van der Waals surface area (Å²) in [7, 11) is 0. The number of pyridine rings is 2. The van der Waals surface area contributed by atoms with Crippen LogP contribution in [0.5, 0.6) is 0 Å². The lowest BCUT2D eigenvalue weighted by Crippen LogP contribution is -2.24. The molecule has 1 N–H and O–H groups in total.